The van der Waals surface area contributed by atoms with Crippen molar-refractivity contribution in [2.45, 2.75) is 147 Å². The number of nitrogen functional groups attached to an aromatic ring is 6. The van der Waals surface area contributed by atoms with Crippen LogP contribution in [0.2, 0.25) is 0 Å². The summed E-state index contributed by atoms with van der Waals surface area (Å²) in [6.45, 7) is -4.98. The topological polar surface area (TPSA) is 912 Å². The first-order valence-electron chi connectivity index (χ1n) is 39.3. The minimum absolute atomic E-state index is 0.0436. The van der Waals surface area contributed by atoms with Crippen molar-refractivity contribution in [3.8, 4) is 0 Å². The average molecular weight is 2040 g/mol. The average Bonchev–Trinajstić information content (AvgIpc) is 1.62. The number of H-pyrrole nitrogens is 3. The van der Waals surface area contributed by atoms with E-state index < -0.39 is 245 Å². The number of phosphoric acid groups is 6. The van der Waals surface area contributed by atoms with Crippen LogP contribution >= 0.6 is 59.2 Å². The van der Waals surface area contributed by atoms with Gasteiger partial charge in [0.2, 0.25) is 11.9 Å². The summed E-state index contributed by atoms with van der Waals surface area (Å²) in [5, 5.41) is 59.6. The summed E-state index contributed by atoms with van der Waals surface area (Å²) < 4.78 is 199. The quantitative estimate of drug-likeness (QED) is 0.0582. The molecule has 0 aliphatic carbocycles. The van der Waals surface area contributed by atoms with E-state index in [1.165, 1.54) is 80.2 Å². The van der Waals surface area contributed by atoms with E-state index in [1.54, 1.807) is 0 Å². The number of nitrogens with two attached hydrogens (primary N) is 6. The molecular formula is C63H74FN27O37P6S. The van der Waals surface area contributed by atoms with Crippen molar-refractivity contribution in [3.05, 3.63) is 106 Å². The van der Waals surface area contributed by atoms with Gasteiger partial charge in [-0.2, -0.15) is 19.6 Å². The smallest absolute Gasteiger partial charge is 0.397 e. The Morgan fingerprint density at radius 3 is 1.20 bits per heavy atom. The lowest BCUT2D eigenvalue weighted by Crippen LogP contribution is -2.36. The maximum atomic E-state index is 15.7. The Morgan fingerprint density at radius 1 is 0.378 bits per heavy atom. The number of halogens is 1. The Hall–Kier alpha value is -9.72. The second kappa shape index (κ2) is 35.6. The number of rotatable bonds is 6. The zero-order valence-electron chi connectivity index (χ0n) is 67.5. The minimum Gasteiger partial charge on any atom is -0.397 e. The third kappa shape index (κ3) is 18.1. The Balaban J connectivity index is 0.000000130. The molecule has 64 nitrogen and oxygen atoms in total. The molecule has 26 N–H and O–H groups in total. The highest BCUT2D eigenvalue weighted by Crippen LogP contribution is 2.59. The lowest BCUT2D eigenvalue weighted by Gasteiger charge is -2.26. The molecule has 9 aliphatic heterocycles. The lowest BCUT2D eigenvalue weighted by molar-refractivity contribution is -0.0672. The fraction of sp³-hybridized carbons (Fsp3) is 0.476. The zero-order chi connectivity index (χ0) is 95.5. The first-order valence-corrected chi connectivity index (χ1v) is 48.6. The van der Waals surface area contributed by atoms with Crippen LogP contribution in [-0.4, -0.2) is 307 Å². The number of imidazole rings is 5. The number of hydrogen-bond acceptors (Lipinski definition) is 50. The second-order valence-corrected chi connectivity index (χ2v) is 39.6. The number of pyridine rings is 2. The third-order valence-electron chi connectivity index (χ3n) is 22.3. The maximum absolute atomic E-state index is 15.7. The monoisotopic (exact) mass is 2040 g/mol. The second-order valence-electron chi connectivity index (χ2n) is 30.8. The highest BCUT2D eigenvalue weighted by Gasteiger charge is 2.60. The van der Waals surface area contributed by atoms with Crippen LogP contribution in [0.25, 0.3) is 61.5 Å². The Labute approximate surface area is 750 Å². The van der Waals surface area contributed by atoms with Gasteiger partial charge in [-0.25, -0.2) is 76.6 Å². The molecule has 9 aliphatic rings. The largest absolute Gasteiger partial charge is 0.472 e. The van der Waals surface area contributed by atoms with E-state index in [2.05, 4.69) is 74.9 Å². The molecule has 12 aromatic rings. The minimum atomic E-state index is -5.19. The third-order valence-corrected chi connectivity index (χ3v) is 28.5. The molecule has 6 bridgehead atoms. The molecular weight excluding hydrogens is 1960 g/mol. The summed E-state index contributed by atoms with van der Waals surface area (Å²) in [4.78, 5) is 140. The summed E-state index contributed by atoms with van der Waals surface area (Å²) in [7, 11) is -30.5. The van der Waals surface area contributed by atoms with Crippen molar-refractivity contribution < 1.29 is 169 Å². The van der Waals surface area contributed by atoms with Gasteiger partial charge in [0.05, 0.1) is 88.8 Å². The van der Waals surface area contributed by atoms with Gasteiger partial charge in [-0.15, -0.1) is 0 Å². The van der Waals surface area contributed by atoms with Gasteiger partial charge < -0.3 is 123 Å². The van der Waals surface area contributed by atoms with Crippen LogP contribution in [-0.2, 0) is 110 Å². The van der Waals surface area contributed by atoms with E-state index in [0.29, 0.717) is 11.2 Å². The molecule has 21 heterocycles. The van der Waals surface area contributed by atoms with E-state index in [-0.39, 0.29) is 95.5 Å². The van der Waals surface area contributed by atoms with Crippen molar-refractivity contribution in [2.75, 3.05) is 74.0 Å². The number of fused-ring (bicyclic) bond motifs is 15. The number of phosphoric ester groups is 6. The van der Waals surface area contributed by atoms with E-state index in [9.17, 15) is 91.9 Å². The molecule has 9 saturated heterocycles. The predicted octanol–water partition coefficient (Wildman–Crippen LogP) is -3.02. The zero-order valence-corrected chi connectivity index (χ0v) is 73.7. The van der Waals surface area contributed by atoms with E-state index in [4.69, 9.17) is 129 Å². The molecule has 6 unspecified atom stereocenters. The van der Waals surface area contributed by atoms with Crippen LogP contribution in [0, 0.1) is 4.64 Å². The van der Waals surface area contributed by atoms with Gasteiger partial charge in [-0.3, -0.25) is 96.7 Å². The molecule has 30 atom stereocenters. The molecule has 12 aromatic heterocycles. The van der Waals surface area contributed by atoms with Crippen molar-refractivity contribution in [2.24, 2.45) is 0 Å². The van der Waals surface area contributed by atoms with E-state index in [1.807, 2.05) is 0 Å². The number of aromatic amines is 3. The number of nitrogens with one attached hydrogen (secondary N) is 3. The maximum Gasteiger partial charge on any atom is 0.472 e. The molecule has 0 saturated carbocycles. The lowest BCUT2D eigenvalue weighted by atomic mass is 10.0. The Kier molecular flexibility index (Phi) is 24.9. The van der Waals surface area contributed by atoms with Crippen LogP contribution in [0.15, 0.2) is 84.2 Å². The van der Waals surface area contributed by atoms with Crippen LogP contribution in [0.4, 0.5) is 39.4 Å². The molecule has 0 aromatic carbocycles. The fourth-order valence-electron chi connectivity index (χ4n) is 16.2. The van der Waals surface area contributed by atoms with Gasteiger partial charge in [0.25, 0.3) is 11.1 Å². The summed E-state index contributed by atoms with van der Waals surface area (Å²) in [5.41, 5.74) is 35.1. The number of aliphatic hydroxyl groups excluding tert-OH is 5. The van der Waals surface area contributed by atoms with Gasteiger partial charge in [0.1, 0.15) is 138 Å². The molecule has 726 valence electrons. The normalized spacial score (nSPS) is 37.7. The van der Waals surface area contributed by atoms with Gasteiger partial charge in [-0.05, 0) is 18.2 Å². The van der Waals surface area contributed by atoms with Crippen molar-refractivity contribution in [1.82, 2.24) is 102 Å². The fourth-order valence-corrected chi connectivity index (χ4v) is 22.1. The van der Waals surface area contributed by atoms with Crippen LogP contribution in [0.1, 0.15) is 42.8 Å². The molecule has 0 amide bonds. The number of alkyl halides is 1. The van der Waals surface area contributed by atoms with E-state index >= 15 is 4.39 Å². The SMILES string of the molecule is Nc1nc(=S)c2ncn([C@@H]3O[C@@H]4COP(=O)(O)O[C@H]5[C@@H](O)[C@H](n6cnc7c(N)ccnc76)O[C@@H]5COP(=O)(O)O[C@@H]3[C@@H]4O)c2[nH]1.Nc1nc2c(ncn2[C@@H]2O[C@@H]3COP(=O)(O)O[C@H]4[C@@H](O)[C@H](c5cnn6c(N)ccnc56)O[C@@H]4COP(=O)(O)O[C@@H]2[C@@H]3O)c(=O)[nH]1.Nc1nc2c(ncn2[C@@H]2O[C@@H]3COP(=O)(O)O[C@H]4[C@@H](O)[C@H](n5cnc6c(N)ccnc65)O[C@@H]4COP(=O)(O)O[C@@H]2[C@H]3F)c(=O)[nH]1. The Morgan fingerprint density at radius 2 is 0.726 bits per heavy atom. The Bertz CT molecular complexity index is 6470. The van der Waals surface area contributed by atoms with Crippen LogP contribution in [0.3, 0.4) is 0 Å². The number of hydrogen-bond donors (Lipinski definition) is 20. The van der Waals surface area contributed by atoms with Crippen molar-refractivity contribution >= 4 is 156 Å². The molecule has 9 fully saturated rings. The van der Waals surface area contributed by atoms with Crippen molar-refractivity contribution in [3.63, 3.8) is 0 Å². The summed E-state index contributed by atoms with van der Waals surface area (Å²) in [5.74, 6) is -0.444. The molecule has 135 heavy (non-hydrogen) atoms. The summed E-state index contributed by atoms with van der Waals surface area (Å²) >= 11 is 5.19. The predicted molar refractivity (Wildman–Crippen MR) is 440 cm³/mol. The number of anilines is 6. The number of aromatic nitrogens is 21. The molecule has 72 heteroatoms. The van der Waals surface area contributed by atoms with Gasteiger partial charge >= 0.3 is 46.9 Å². The number of aliphatic hydroxyl groups is 5. The number of nitrogens with zero attached hydrogens (tertiary/aromatic N) is 18. The molecule has 21 rings (SSSR count). The standard InChI is InChI=1S/C21H24FN9O12P2.C21H25N9O13P2.C21H25N9O12P2S/c22-10-8-3-38-44(34,35)42-14-9(41-19(13(14)32)30-5-26-11-7(23)1-2-25-16(11)30)4-39-45(36,37)43-15(10)20(40-8)31-6-27-12-17(31)28-21(24)29-18(12)33;22-10-1-2-24-17-7(3-26-30(10)17)14-13(32)15-9(40-14)5-39-45(36,37)43-16-12(31)8(4-38-44(34,35)42-15)41-20(16)29-6-25-11-18(29)27-21(23)28-19(11)33;22-7-1-2-24-16-10(7)25-5-29(16)19-13(32)14-9(40-19)4-38-44(35,36)42-15-12(31)8(3-37-43(33,34)41-14)39-20(15)30-6-26-11-17(30)27-21(23)28-18(11)45/h1-2,5-6,8-10,13-15,19-20,32H,3-4H2,(H2,23,25)(H,34,35)(H,36,37)(H3,24,28,29,33);1-3,6,8-9,12-16,20,31-32H,4-5,22H2,(H,34,35)(H,36,37)(H3,23,27,28,33);1-2,5-6,8-9,12-15,19-20,31-32H,3-4H2,(H2,22,24)(H,33,34)(H,35,36)(H3,23,27,28,45)/t8-,9-,10+,13-,14-,15-,19-,20-;8-,9-,12-,13+,14+,15-,16-,20-;8-,9-,12-,13-,14-,15-,19-,20-/m111/s1. The summed E-state index contributed by atoms with van der Waals surface area (Å²) in [6.07, 6.45) is -27.0. The van der Waals surface area contributed by atoms with Crippen LogP contribution in [0.5, 0.6) is 0 Å². The molecule has 0 spiro atoms. The first kappa shape index (κ1) is 94.3. The summed E-state index contributed by atoms with van der Waals surface area (Å²) in [6, 6.07) is 4.51. The highest BCUT2D eigenvalue weighted by atomic mass is 32.1. The first-order chi connectivity index (χ1) is 63.9. The molecule has 0 radical (unpaired) electrons. The van der Waals surface area contributed by atoms with E-state index in [0.717, 1.165) is 21.8 Å². The van der Waals surface area contributed by atoms with Gasteiger partial charge in [-0.1, -0.05) is 12.2 Å². The highest BCUT2D eigenvalue weighted by molar-refractivity contribution is 7.71. The van der Waals surface area contributed by atoms with Crippen LogP contribution < -0.4 is 45.5 Å². The number of ether oxygens (including phenoxy) is 6. The van der Waals surface area contributed by atoms with Gasteiger partial charge in [0.15, 0.2) is 87.2 Å². The van der Waals surface area contributed by atoms with Crippen molar-refractivity contribution in [1.29, 1.82) is 0 Å². The van der Waals surface area contributed by atoms with Gasteiger partial charge in [0, 0.05) is 24.2 Å².